The summed E-state index contributed by atoms with van der Waals surface area (Å²) in [5.41, 5.74) is 13.0. The van der Waals surface area contributed by atoms with Crippen LogP contribution in [0, 0.1) is 0 Å². The van der Waals surface area contributed by atoms with Crippen molar-refractivity contribution >= 4 is 55.4 Å². The highest BCUT2D eigenvalue weighted by molar-refractivity contribution is 7.01. The van der Waals surface area contributed by atoms with Gasteiger partial charge in [-0.15, -0.1) is 0 Å². The van der Waals surface area contributed by atoms with E-state index in [1.165, 1.54) is 82.1 Å². The van der Waals surface area contributed by atoms with Crippen LogP contribution in [0.15, 0.2) is 91.0 Å². The van der Waals surface area contributed by atoms with Crippen molar-refractivity contribution in [3.05, 3.63) is 91.0 Å². The highest BCUT2D eigenvalue weighted by atomic mass is 14.3. The Balaban J connectivity index is 1.63. The van der Waals surface area contributed by atoms with Crippen LogP contribution in [0.2, 0.25) is 0 Å². The zero-order chi connectivity index (χ0) is 19.8. The molecule has 6 aromatic rings. The molecule has 2 heterocycles. The second-order valence-electron chi connectivity index (χ2n) is 9.23. The van der Waals surface area contributed by atoms with Crippen LogP contribution >= 0.6 is 0 Å². The SMILES string of the molecule is c1cc2c3c(cccc3c1)-c1ccc3ccc4c5c3c1B2c1ccc2cccc-4c2c1-5. The number of rotatable bonds is 0. The first-order chi connectivity index (χ1) is 15.4. The molecule has 0 unspecified atom stereocenters. The largest absolute Gasteiger partial charge is 0.244 e. The summed E-state index contributed by atoms with van der Waals surface area (Å²) in [7, 11) is 0. The van der Waals surface area contributed by atoms with E-state index >= 15 is 0 Å². The van der Waals surface area contributed by atoms with E-state index in [4.69, 9.17) is 0 Å². The quantitative estimate of drug-likeness (QED) is 0.298. The zero-order valence-corrected chi connectivity index (χ0v) is 16.7. The van der Waals surface area contributed by atoms with Gasteiger partial charge in [-0.25, -0.2) is 0 Å². The monoisotopic (exact) mass is 386 g/mol. The van der Waals surface area contributed by atoms with Crippen LogP contribution in [0.5, 0.6) is 0 Å². The van der Waals surface area contributed by atoms with Gasteiger partial charge in [-0.05, 0) is 65.7 Å². The Kier molecular flexibility index (Phi) is 2.30. The smallest absolute Gasteiger partial charge is 0.0663 e. The van der Waals surface area contributed by atoms with Gasteiger partial charge in [-0.3, -0.25) is 0 Å². The predicted molar refractivity (Wildman–Crippen MR) is 133 cm³/mol. The molecule has 2 aliphatic heterocycles. The highest BCUT2D eigenvalue weighted by Gasteiger charge is 2.41. The van der Waals surface area contributed by atoms with Crippen LogP contribution in [-0.4, -0.2) is 6.71 Å². The second kappa shape index (κ2) is 4.73. The van der Waals surface area contributed by atoms with Gasteiger partial charge in [0.1, 0.15) is 0 Å². The molecular weight excluding hydrogens is 371 g/mol. The van der Waals surface area contributed by atoms with Crippen molar-refractivity contribution in [2.24, 2.45) is 0 Å². The molecule has 0 saturated heterocycles. The number of hydrogen-bond donors (Lipinski definition) is 0. The normalized spacial score (nSPS) is 13.7. The van der Waals surface area contributed by atoms with E-state index in [2.05, 4.69) is 91.0 Å². The molecule has 0 amide bonds. The van der Waals surface area contributed by atoms with Crippen LogP contribution in [0.4, 0.5) is 0 Å². The Labute approximate surface area is 179 Å². The maximum Gasteiger partial charge on any atom is 0.244 e. The lowest BCUT2D eigenvalue weighted by atomic mass is 9.31. The summed E-state index contributed by atoms with van der Waals surface area (Å²) in [4.78, 5) is 0. The molecule has 0 nitrogen and oxygen atoms in total. The summed E-state index contributed by atoms with van der Waals surface area (Å²) < 4.78 is 0. The molecule has 31 heavy (non-hydrogen) atoms. The Morgan fingerprint density at radius 1 is 0.387 bits per heavy atom. The maximum atomic E-state index is 2.41. The maximum absolute atomic E-state index is 2.41. The first kappa shape index (κ1) is 15.0. The number of benzene rings is 6. The minimum absolute atomic E-state index is 0.297. The molecule has 1 aliphatic carbocycles. The number of fused-ring (bicyclic) bond motifs is 4. The van der Waals surface area contributed by atoms with E-state index < -0.39 is 0 Å². The van der Waals surface area contributed by atoms with E-state index in [-0.39, 0.29) is 0 Å². The summed E-state index contributed by atoms with van der Waals surface area (Å²) in [6.07, 6.45) is 0. The van der Waals surface area contributed by atoms with E-state index in [9.17, 15) is 0 Å². The summed E-state index contributed by atoms with van der Waals surface area (Å²) in [6, 6.07) is 34.6. The van der Waals surface area contributed by atoms with Crippen LogP contribution in [0.25, 0.3) is 65.7 Å². The Hall–Kier alpha value is -3.84. The summed E-state index contributed by atoms with van der Waals surface area (Å²) in [6.45, 7) is 0.297. The lowest BCUT2D eigenvalue weighted by Gasteiger charge is -2.33. The third kappa shape index (κ3) is 1.49. The molecule has 0 radical (unpaired) electrons. The Morgan fingerprint density at radius 2 is 1.03 bits per heavy atom. The summed E-state index contributed by atoms with van der Waals surface area (Å²) >= 11 is 0. The van der Waals surface area contributed by atoms with E-state index in [1.807, 2.05) is 0 Å². The van der Waals surface area contributed by atoms with Crippen LogP contribution in [0.3, 0.4) is 0 Å². The molecule has 0 N–H and O–H groups in total. The topological polar surface area (TPSA) is 0 Å². The molecule has 6 aromatic carbocycles. The van der Waals surface area contributed by atoms with Gasteiger partial charge < -0.3 is 0 Å². The Bertz CT molecular complexity index is 1840. The minimum Gasteiger partial charge on any atom is -0.0663 e. The third-order valence-corrected chi connectivity index (χ3v) is 7.98. The average Bonchev–Trinajstić information content (AvgIpc) is 3.17. The molecular formula is C30H15B. The van der Waals surface area contributed by atoms with Crippen molar-refractivity contribution in [3.63, 3.8) is 0 Å². The van der Waals surface area contributed by atoms with Crippen LogP contribution < -0.4 is 16.4 Å². The lowest BCUT2D eigenvalue weighted by Crippen LogP contribution is -2.57. The molecule has 9 rings (SSSR count). The van der Waals surface area contributed by atoms with E-state index in [1.54, 1.807) is 0 Å². The summed E-state index contributed by atoms with van der Waals surface area (Å²) in [5.74, 6) is 0. The molecule has 3 aliphatic rings. The Morgan fingerprint density at radius 3 is 1.87 bits per heavy atom. The molecule has 0 bridgehead atoms. The average molecular weight is 386 g/mol. The fourth-order valence-electron chi connectivity index (χ4n) is 6.91. The van der Waals surface area contributed by atoms with Gasteiger partial charge in [0.2, 0.25) is 6.71 Å². The standard InChI is InChI=1S/C30H15B/c1-4-16-6-3-9-23-25(16)20(8-1)22-14-11-18-10-13-21-19-7-2-5-17-12-15-24-29(26(17)19)28(21)27(18)30(22)31(23)24/h1-15H. The van der Waals surface area contributed by atoms with Crippen LogP contribution in [0.1, 0.15) is 0 Å². The minimum atomic E-state index is 0.297. The van der Waals surface area contributed by atoms with Crippen molar-refractivity contribution in [2.75, 3.05) is 0 Å². The van der Waals surface area contributed by atoms with Gasteiger partial charge >= 0.3 is 0 Å². The van der Waals surface area contributed by atoms with Crippen molar-refractivity contribution < 1.29 is 0 Å². The first-order valence-electron chi connectivity index (χ1n) is 11.1. The van der Waals surface area contributed by atoms with Gasteiger partial charge in [0.15, 0.2) is 0 Å². The summed E-state index contributed by atoms with van der Waals surface area (Å²) in [5, 5.41) is 8.42. The molecule has 0 aromatic heterocycles. The number of hydrogen-bond acceptors (Lipinski definition) is 0. The van der Waals surface area contributed by atoms with Crippen molar-refractivity contribution in [2.45, 2.75) is 0 Å². The van der Waals surface area contributed by atoms with Crippen molar-refractivity contribution in [1.29, 1.82) is 0 Å². The van der Waals surface area contributed by atoms with Crippen LogP contribution in [-0.2, 0) is 0 Å². The zero-order valence-electron chi connectivity index (χ0n) is 16.7. The fraction of sp³-hybridized carbons (Fsp3) is 0. The van der Waals surface area contributed by atoms with Gasteiger partial charge in [0.05, 0.1) is 0 Å². The van der Waals surface area contributed by atoms with Crippen molar-refractivity contribution in [3.8, 4) is 33.4 Å². The van der Waals surface area contributed by atoms with Gasteiger partial charge in [0, 0.05) is 0 Å². The molecule has 0 atom stereocenters. The molecule has 0 saturated carbocycles. The third-order valence-electron chi connectivity index (χ3n) is 7.98. The fourth-order valence-corrected chi connectivity index (χ4v) is 6.91. The predicted octanol–water partition coefficient (Wildman–Crippen LogP) is 5.60. The second-order valence-corrected chi connectivity index (χ2v) is 9.23. The highest BCUT2D eigenvalue weighted by Crippen LogP contribution is 2.51. The molecule has 138 valence electrons. The van der Waals surface area contributed by atoms with Crippen molar-refractivity contribution in [1.82, 2.24) is 0 Å². The van der Waals surface area contributed by atoms with Gasteiger partial charge in [-0.2, -0.15) is 0 Å². The van der Waals surface area contributed by atoms with E-state index in [0.29, 0.717) is 6.71 Å². The van der Waals surface area contributed by atoms with E-state index in [0.717, 1.165) is 0 Å². The first-order valence-corrected chi connectivity index (χ1v) is 11.1. The molecule has 0 spiro atoms. The van der Waals surface area contributed by atoms with Gasteiger partial charge in [-0.1, -0.05) is 107 Å². The van der Waals surface area contributed by atoms with Gasteiger partial charge in [0.25, 0.3) is 0 Å². The molecule has 0 fully saturated rings. The lowest BCUT2D eigenvalue weighted by molar-refractivity contribution is 1.68. The molecule has 1 heteroatoms.